The summed E-state index contributed by atoms with van der Waals surface area (Å²) in [5, 5.41) is 3.33. The van der Waals surface area contributed by atoms with Crippen LogP contribution in [-0.4, -0.2) is 58.7 Å². The number of carbonyl (C=O) groups is 1. The minimum atomic E-state index is -0.266. The van der Waals surface area contributed by atoms with Crippen molar-refractivity contribution in [2.75, 3.05) is 26.2 Å². The number of nitrogens with one attached hydrogen (secondary N) is 1. The number of nitrogens with zero attached hydrogens (tertiary/aromatic N) is 3. The summed E-state index contributed by atoms with van der Waals surface area (Å²) in [6.07, 6.45) is 8.36. The number of benzene rings is 2. The fourth-order valence-electron chi connectivity index (χ4n) is 5.22. The molecule has 2 aromatic carbocycles. The molecule has 8 heteroatoms. The molecule has 1 saturated heterocycles. The Labute approximate surface area is 230 Å². The lowest BCUT2D eigenvalue weighted by Gasteiger charge is -2.26. The first kappa shape index (κ1) is 27.2. The van der Waals surface area contributed by atoms with Gasteiger partial charge in [0, 0.05) is 18.2 Å². The maximum Gasteiger partial charge on any atom is 0.262 e. The first-order valence-electron chi connectivity index (χ1n) is 14.4. The Morgan fingerprint density at radius 3 is 2.62 bits per heavy atom. The summed E-state index contributed by atoms with van der Waals surface area (Å²) in [7, 11) is 0. The van der Waals surface area contributed by atoms with Gasteiger partial charge in [0.05, 0.1) is 23.6 Å². The van der Waals surface area contributed by atoms with Crippen LogP contribution in [-0.2, 0) is 11.3 Å². The van der Waals surface area contributed by atoms with Crippen LogP contribution in [0.1, 0.15) is 58.8 Å². The quantitative estimate of drug-likeness (QED) is 0.358. The molecule has 3 aromatic rings. The van der Waals surface area contributed by atoms with Gasteiger partial charge in [-0.3, -0.25) is 14.2 Å². The molecule has 208 valence electrons. The highest BCUT2D eigenvalue weighted by molar-refractivity contribution is 5.83. The van der Waals surface area contributed by atoms with Crippen molar-refractivity contribution in [1.82, 2.24) is 19.8 Å². The van der Waals surface area contributed by atoms with Crippen molar-refractivity contribution >= 4 is 16.8 Å². The van der Waals surface area contributed by atoms with E-state index in [1.54, 1.807) is 6.07 Å². The van der Waals surface area contributed by atoms with E-state index in [2.05, 4.69) is 10.2 Å². The van der Waals surface area contributed by atoms with E-state index in [1.807, 2.05) is 50.2 Å². The second kappa shape index (κ2) is 12.6. The van der Waals surface area contributed by atoms with Gasteiger partial charge in [0.25, 0.3) is 5.56 Å². The van der Waals surface area contributed by atoms with E-state index >= 15 is 0 Å². The summed E-state index contributed by atoms with van der Waals surface area (Å²) in [5.74, 6) is 1.60. The number of amides is 1. The van der Waals surface area contributed by atoms with Crippen LogP contribution in [0.5, 0.6) is 11.5 Å². The Morgan fingerprint density at radius 1 is 1.05 bits per heavy atom. The van der Waals surface area contributed by atoms with Crippen molar-refractivity contribution in [3.8, 4) is 22.9 Å². The number of piperidine rings is 1. The predicted octanol–water partition coefficient (Wildman–Crippen LogP) is 4.77. The van der Waals surface area contributed by atoms with Crippen LogP contribution >= 0.6 is 0 Å². The highest BCUT2D eigenvalue weighted by Gasteiger charge is 2.21. The summed E-state index contributed by atoms with van der Waals surface area (Å²) in [5.41, 5.74) is 1.04. The van der Waals surface area contributed by atoms with Gasteiger partial charge in [-0.2, -0.15) is 0 Å². The summed E-state index contributed by atoms with van der Waals surface area (Å²) >= 11 is 0. The molecule has 1 aliphatic heterocycles. The number of rotatable bonds is 11. The Bertz CT molecular complexity index is 1340. The van der Waals surface area contributed by atoms with Gasteiger partial charge in [-0.15, -0.1) is 0 Å². The number of aromatic nitrogens is 2. The van der Waals surface area contributed by atoms with Crippen LogP contribution in [0.4, 0.5) is 0 Å². The number of likely N-dealkylation sites (tertiary alicyclic amines) is 1. The third-order valence-electron chi connectivity index (χ3n) is 7.46. The van der Waals surface area contributed by atoms with Gasteiger partial charge in [-0.1, -0.05) is 18.6 Å². The third kappa shape index (κ3) is 6.98. The fraction of sp³-hybridized carbons (Fsp3) is 0.516. The van der Waals surface area contributed by atoms with E-state index in [-0.39, 0.29) is 30.2 Å². The maximum absolute atomic E-state index is 13.8. The van der Waals surface area contributed by atoms with Gasteiger partial charge < -0.3 is 19.7 Å². The normalized spacial score (nSPS) is 16.3. The summed E-state index contributed by atoms with van der Waals surface area (Å²) in [6, 6.07) is 13.0. The van der Waals surface area contributed by atoms with Crippen molar-refractivity contribution in [1.29, 1.82) is 0 Å². The Hall–Kier alpha value is -3.39. The molecule has 1 N–H and O–H groups in total. The van der Waals surface area contributed by atoms with Crippen molar-refractivity contribution in [3.05, 3.63) is 52.8 Å². The van der Waals surface area contributed by atoms with Crippen molar-refractivity contribution in [3.63, 3.8) is 0 Å². The summed E-state index contributed by atoms with van der Waals surface area (Å²) < 4.78 is 13.6. The first-order valence-corrected chi connectivity index (χ1v) is 14.4. The van der Waals surface area contributed by atoms with Crippen molar-refractivity contribution < 1.29 is 14.3 Å². The van der Waals surface area contributed by atoms with Crippen molar-refractivity contribution in [2.45, 2.75) is 77.5 Å². The molecule has 0 atom stereocenters. The standard InChI is InChI=1S/C31H40N4O4/c1-22(2)32-29(36)21-35-30(23-9-6-12-26(19-23)39-24-10-7-11-24)33-28-14-13-25(20-27(28)31(35)37)38-18-8-17-34-15-4-3-5-16-34/h6,9,12-14,19-20,22,24H,3-5,7-8,10-11,15-18,21H2,1-2H3,(H,32,36). The van der Waals surface area contributed by atoms with Gasteiger partial charge in [-0.25, -0.2) is 4.98 Å². The largest absolute Gasteiger partial charge is 0.494 e. The first-order chi connectivity index (χ1) is 19.0. The van der Waals surface area contributed by atoms with Crippen LogP contribution < -0.4 is 20.3 Å². The SMILES string of the molecule is CC(C)NC(=O)Cn1c(-c2cccc(OC3CCC3)c2)nc2ccc(OCCCN3CCCCC3)cc2c1=O. The number of ether oxygens (including phenoxy) is 2. The van der Waals surface area contributed by atoms with Crippen molar-refractivity contribution in [2.24, 2.45) is 0 Å². The monoisotopic (exact) mass is 532 g/mol. The molecule has 2 heterocycles. The molecule has 2 aliphatic rings. The third-order valence-corrected chi connectivity index (χ3v) is 7.46. The lowest BCUT2D eigenvalue weighted by Crippen LogP contribution is -2.37. The second-order valence-corrected chi connectivity index (χ2v) is 11.0. The van der Waals surface area contributed by atoms with Gasteiger partial charge in [0.1, 0.15) is 23.9 Å². The minimum absolute atomic E-state index is 0.0331. The zero-order chi connectivity index (χ0) is 27.2. The van der Waals surface area contributed by atoms with Gasteiger partial charge >= 0.3 is 0 Å². The van der Waals surface area contributed by atoms with Crippen LogP contribution in [0, 0.1) is 0 Å². The van der Waals surface area contributed by atoms with Crippen LogP contribution in [0.15, 0.2) is 47.3 Å². The summed E-state index contributed by atoms with van der Waals surface area (Å²) in [4.78, 5) is 33.9. The average Bonchev–Trinajstić information content (AvgIpc) is 2.91. The number of carbonyl (C=O) groups excluding carboxylic acids is 1. The fourth-order valence-corrected chi connectivity index (χ4v) is 5.22. The van der Waals surface area contributed by atoms with Gasteiger partial charge in [0.15, 0.2) is 0 Å². The molecule has 0 spiro atoms. The molecule has 0 bridgehead atoms. The molecule has 8 nitrogen and oxygen atoms in total. The Kier molecular flexibility index (Phi) is 8.81. The van der Waals surface area contributed by atoms with E-state index in [1.165, 1.54) is 43.3 Å². The lowest BCUT2D eigenvalue weighted by molar-refractivity contribution is -0.122. The highest BCUT2D eigenvalue weighted by Crippen LogP contribution is 2.29. The van der Waals surface area contributed by atoms with Crippen LogP contribution in [0.3, 0.4) is 0 Å². The van der Waals surface area contributed by atoms with E-state index in [4.69, 9.17) is 14.5 Å². The molecular formula is C31H40N4O4. The van der Waals surface area contributed by atoms with E-state index < -0.39 is 0 Å². The average molecular weight is 533 g/mol. The maximum atomic E-state index is 13.8. The lowest BCUT2D eigenvalue weighted by atomic mass is 9.96. The number of fused-ring (bicyclic) bond motifs is 1. The molecular weight excluding hydrogens is 492 g/mol. The zero-order valence-corrected chi connectivity index (χ0v) is 23.2. The minimum Gasteiger partial charge on any atom is -0.494 e. The molecule has 1 amide bonds. The van der Waals surface area contributed by atoms with Crippen LogP contribution in [0.25, 0.3) is 22.3 Å². The molecule has 5 rings (SSSR count). The molecule has 39 heavy (non-hydrogen) atoms. The van der Waals surface area contributed by atoms with Crippen LogP contribution in [0.2, 0.25) is 0 Å². The predicted molar refractivity (Wildman–Crippen MR) is 153 cm³/mol. The van der Waals surface area contributed by atoms with E-state index in [9.17, 15) is 9.59 Å². The zero-order valence-electron chi connectivity index (χ0n) is 23.2. The Morgan fingerprint density at radius 2 is 1.87 bits per heavy atom. The summed E-state index contributed by atoms with van der Waals surface area (Å²) in [6.45, 7) is 7.63. The topological polar surface area (TPSA) is 85.7 Å². The highest BCUT2D eigenvalue weighted by atomic mass is 16.5. The molecule has 1 aromatic heterocycles. The molecule has 1 aliphatic carbocycles. The molecule has 1 saturated carbocycles. The molecule has 0 radical (unpaired) electrons. The Balaban J connectivity index is 1.40. The van der Waals surface area contributed by atoms with E-state index in [0.717, 1.165) is 37.1 Å². The smallest absolute Gasteiger partial charge is 0.262 e. The van der Waals surface area contributed by atoms with Gasteiger partial charge in [0.2, 0.25) is 5.91 Å². The van der Waals surface area contributed by atoms with Gasteiger partial charge in [-0.05, 0) is 95.8 Å². The second-order valence-electron chi connectivity index (χ2n) is 11.0. The van der Waals surface area contributed by atoms with E-state index in [0.29, 0.717) is 29.1 Å². The molecule has 2 fully saturated rings. The number of hydrogen-bond donors (Lipinski definition) is 1. The molecule has 0 unspecified atom stereocenters. The number of hydrogen-bond acceptors (Lipinski definition) is 6.